The normalized spacial score (nSPS) is 27.1. The molecule has 2 rings (SSSR count). The molecule has 0 spiro atoms. The molecule has 18 heavy (non-hydrogen) atoms. The van der Waals surface area contributed by atoms with Crippen LogP contribution in [0, 0.1) is 0 Å². The van der Waals surface area contributed by atoms with Crippen LogP contribution in [-0.2, 0) is 4.74 Å². The number of nitrogens with zero attached hydrogens (tertiary/aromatic N) is 1. The van der Waals surface area contributed by atoms with Gasteiger partial charge in [-0.25, -0.2) is 0 Å². The second kappa shape index (κ2) is 6.02. The number of aliphatic hydroxyl groups is 1. The molecule has 1 aliphatic rings. The quantitative estimate of drug-likeness (QED) is 0.915. The maximum Gasteiger partial charge on any atom is 0.0916 e. The maximum absolute atomic E-state index is 10.2. The highest BCUT2D eigenvalue weighted by atomic mass is 35.5. The number of β-amino-alcohol motifs (C(OH)–C–C–N with tert-alkyl or cyclic N) is 1. The van der Waals surface area contributed by atoms with E-state index in [1.807, 2.05) is 24.3 Å². The molecular formula is C14H20ClNO2. The van der Waals surface area contributed by atoms with Crippen LogP contribution in [0.2, 0.25) is 5.02 Å². The zero-order valence-electron chi connectivity index (χ0n) is 10.8. The van der Waals surface area contributed by atoms with Gasteiger partial charge in [-0.05, 0) is 31.5 Å². The van der Waals surface area contributed by atoms with Crippen molar-refractivity contribution in [2.24, 2.45) is 0 Å². The summed E-state index contributed by atoms with van der Waals surface area (Å²) in [5.74, 6) is 0. The van der Waals surface area contributed by atoms with Gasteiger partial charge >= 0.3 is 0 Å². The van der Waals surface area contributed by atoms with Crippen molar-refractivity contribution in [1.82, 2.24) is 4.90 Å². The van der Waals surface area contributed by atoms with E-state index < -0.39 is 6.10 Å². The summed E-state index contributed by atoms with van der Waals surface area (Å²) in [4.78, 5) is 2.25. The van der Waals surface area contributed by atoms with Gasteiger partial charge in [-0.3, -0.25) is 4.90 Å². The monoisotopic (exact) mass is 269 g/mol. The van der Waals surface area contributed by atoms with E-state index in [0.717, 1.165) is 18.7 Å². The Kier molecular flexibility index (Phi) is 4.62. The van der Waals surface area contributed by atoms with Crippen LogP contribution in [0.4, 0.5) is 0 Å². The lowest BCUT2D eigenvalue weighted by Gasteiger charge is -2.36. The van der Waals surface area contributed by atoms with Gasteiger partial charge in [0.05, 0.1) is 18.3 Å². The molecule has 1 aromatic carbocycles. The van der Waals surface area contributed by atoms with Crippen LogP contribution in [-0.4, -0.2) is 41.8 Å². The number of rotatable bonds is 3. The molecule has 0 saturated carbocycles. The van der Waals surface area contributed by atoms with Crippen molar-refractivity contribution in [1.29, 1.82) is 0 Å². The SMILES string of the molecule is C[C@@H]1CN(C[C@@H](O)c2ccc(Cl)cc2)C[C@H](C)O1. The Labute approximate surface area is 113 Å². The molecule has 4 heteroatoms. The average molecular weight is 270 g/mol. The predicted octanol–water partition coefficient (Wildman–Crippen LogP) is 2.48. The van der Waals surface area contributed by atoms with E-state index >= 15 is 0 Å². The lowest BCUT2D eigenvalue weighted by molar-refractivity contribution is -0.0767. The Morgan fingerprint density at radius 1 is 1.28 bits per heavy atom. The number of hydrogen-bond donors (Lipinski definition) is 1. The minimum atomic E-state index is -0.472. The molecule has 1 fully saturated rings. The summed E-state index contributed by atoms with van der Waals surface area (Å²) in [6, 6.07) is 7.37. The number of benzene rings is 1. The predicted molar refractivity (Wildman–Crippen MR) is 72.9 cm³/mol. The zero-order valence-corrected chi connectivity index (χ0v) is 11.6. The van der Waals surface area contributed by atoms with Gasteiger partial charge in [0.1, 0.15) is 0 Å². The van der Waals surface area contributed by atoms with Crippen molar-refractivity contribution < 1.29 is 9.84 Å². The molecule has 1 N–H and O–H groups in total. The van der Waals surface area contributed by atoms with Crippen LogP contribution < -0.4 is 0 Å². The molecule has 3 nitrogen and oxygen atoms in total. The van der Waals surface area contributed by atoms with Gasteiger partial charge in [-0.15, -0.1) is 0 Å². The van der Waals surface area contributed by atoms with E-state index in [4.69, 9.17) is 16.3 Å². The Balaban J connectivity index is 1.94. The summed E-state index contributed by atoms with van der Waals surface area (Å²) in [5, 5.41) is 10.9. The molecule has 1 aliphatic heterocycles. The first-order valence-electron chi connectivity index (χ1n) is 6.36. The molecule has 0 bridgehead atoms. The van der Waals surface area contributed by atoms with Crippen molar-refractivity contribution in [3.63, 3.8) is 0 Å². The standard InChI is InChI=1S/C14H20ClNO2/c1-10-7-16(8-11(2)18-10)9-14(17)12-3-5-13(15)6-4-12/h3-6,10-11,14,17H,7-9H2,1-2H3/t10-,11+,14-/m1/s1. The van der Waals surface area contributed by atoms with Crippen molar-refractivity contribution in [2.45, 2.75) is 32.2 Å². The minimum Gasteiger partial charge on any atom is -0.387 e. The van der Waals surface area contributed by atoms with Crippen molar-refractivity contribution in [2.75, 3.05) is 19.6 Å². The number of aliphatic hydroxyl groups excluding tert-OH is 1. The van der Waals surface area contributed by atoms with Crippen molar-refractivity contribution >= 4 is 11.6 Å². The third kappa shape index (κ3) is 3.69. The molecule has 1 saturated heterocycles. The molecule has 0 unspecified atom stereocenters. The van der Waals surface area contributed by atoms with Crippen molar-refractivity contribution in [3.05, 3.63) is 34.9 Å². The summed E-state index contributed by atoms with van der Waals surface area (Å²) >= 11 is 5.84. The van der Waals surface area contributed by atoms with E-state index in [-0.39, 0.29) is 12.2 Å². The number of hydrogen-bond acceptors (Lipinski definition) is 3. The fourth-order valence-corrected chi connectivity index (χ4v) is 2.59. The largest absolute Gasteiger partial charge is 0.387 e. The van der Waals surface area contributed by atoms with Gasteiger partial charge in [-0.2, -0.15) is 0 Å². The van der Waals surface area contributed by atoms with E-state index in [1.54, 1.807) is 0 Å². The van der Waals surface area contributed by atoms with Crippen LogP contribution in [0.1, 0.15) is 25.5 Å². The molecule has 0 amide bonds. The van der Waals surface area contributed by atoms with Crippen LogP contribution in [0.15, 0.2) is 24.3 Å². The van der Waals surface area contributed by atoms with Crippen molar-refractivity contribution in [3.8, 4) is 0 Å². The van der Waals surface area contributed by atoms with Crippen LogP contribution in [0.3, 0.4) is 0 Å². The third-order valence-corrected chi connectivity index (χ3v) is 3.43. The van der Waals surface area contributed by atoms with Gasteiger partial charge in [0.2, 0.25) is 0 Å². The molecule has 1 heterocycles. The van der Waals surface area contributed by atoms with Gasteiger partial charge in [0, 0.05) is 24.7 Å². The molecule has 3 atom stereocenters. The number of halogens is 1. The lowest BCUT2D eigenvalue weighted by Crippen LogP contribution is -2.46. The first-order valence-corrected chi connectivity index (χ1v) is 6.73. The van der Waals surface area contributed by atoms with E-state index in [9.17, 15) is 5.11 Å². The van der Waals surface area contributed by atoms with Crippen LogP contribution in [0.25, 0.3) is 0 Å². The second-order valence-electron chi connectivity index (χ2n) is 5.04. The van der Waals surface area contributed by atoms with Gasteiger partial charge in [0.25, 0.3) is 0 Å². The Hall–Kier alpha value is -0.610. The summed E-state index contributed by atoms with van der Waals surface area (Å²) in [7, 11) is 0. The van der Waals surface area contributed by atoms with E-state index in [1.165, 1.54) is 0 Å². The smallest absolute Gasteiger partial charge is 0.0916 e. The highest BCUT2D eigenvalue weighted by molar-refractivity contribution is 6.30. The fourth-order valence-electron chi connectivity index (χ4n) is 2.47. The molecular weight excluding hydrogens is 250 g/mol. The Morgan fingerprint density at radius 2 is 1.83 bits per heavy atom. The van der Waals surface area contributed by atoms with Gasteiger partial charge in [-0.1, -0.05) is 23.7 Å². The summed E-state index contributed by atoms with van der Waals surface area (Å²) in [6.07, 6.45) is -0.0166. The molecule has 100 valence electrons. The van der Waals surface area contributed by atoms with E-state index in [2.05, 4.69) is 18.7 Å². The number of ether oxygens (including phenoxy) is 1. The average Bonchev–Trinajstić information content (AvgIpc) is 2.28. The molecule has 1 aromatic rings. The maximum atomic E-state index is 10.2. The number of morpholine rings is 1. The molecule has 0 aromatic heterocycles. The molecule has 0 radical (unpaired) electrons. The first-order chi connectivity index (χ1) is 8.54. The zero-order chi connectivity index (χ0) is 13.1. The lowest BCUT2D eigenvalue weighted by atomic mass is 10.1. The Bertz CT molecular complexity index is 372. The van der Waals surface area contributed by atoms with Gasteiger partial charge in [0.15, 0.2) is 0 Å². The topological polar surface area (TPSA) is 32.7 Å². The van der Waals surface area contributed by atoms with E-state index in [0.29, 0.717) is 11.6 Å². The fraction of sp³-hybridized carbons (Fsp3) is 0.571. The van der Waals surface area contributed by atoms with Crippen LogP contribution in [0.5, 0.6) is 0 Å². The Morgan fingerprint density at radius 3 is 2.39 bits per heavy atom. The summed E-state index contributed by atoms with van der Waals surface area (Å²) in [6.45, 7) is 6.51. The second-order valence-corrected chi connectivity index (χ2v) is 5.48. The minimum absolute atomic E-state index is 0.228. The van der Waals surface area contributed by atoms with Gasteiger partial charge < -0.3 is 9.84 Å². The molecule has 0 aliphatic carbocycles. The summed E-state index contributed by atoms with van der Waals surface area (Å²) < 4.78 is 5.68. The summed E-state index contributed by atoms with van der Waals surface area (Å²) in [5.41, 5.74) is 0.909. The highest BCUT2D eigenvalue weighted by Crippen LogP contribution is 2.19. The van der Waals surface area contributed by atoms with Crippen LogP contribution >= 0.6 is 11.6 Å². The highest BCUT2D eigenvalue weighted by Gasteiger charge is 2.24. The third-order valence-electron chi connectivity index (χ3n) is 3.18. The first kappa shape index (κ1) is 13.8.